The summed E-state index contributed by atoms with van der Waals surface area (Å²) in [5.41, 5.74) is 7.97. The van der Waals surface area contributed by atoms with E-state index >= 15 is 0 Å². The van der Waals surface area contributed by atoms with Gasteiger partial charge in [-0.2, -0.15) is 0 Å². The normalized spacial score (nSPS) is 10.2. The number of thioether (sulfide) groups is 1. The van der Waals surface area contributed by atoms with Crippen molar-refractivity contribution in [1.29, 1.82) is 0 Å². The molecule has 2 rings (SSSR count). The van der Waals surface area contributed by atoms with Gasteiger partial charge in [0.2, 0.25) is 0 Å². The van der Waals surface area contributed by atoms with Gasteiger partial charge in [0, 0.05) is 22.7 Å². The Morgan fingerprint density at radius 3 is 2.26 bits per heavy atom. The summed E-state index contributed by atoms with van der Waals surface area (Å²) >= 11 is 1.67. The van der Waals surface area contributed by atoms with Crippen LogP contribution in [0.4, 0.5) is 5.69 Å². The van der Waals surface area contributed by atoms with Gasteiger partial charge in [0.05, 0.1) is 0 Å². The molecule has 2 aromatic carbocycles. The maximum Gasteiger partial charge on any atom is 0.255 e. The van der Waals surface area contributed by atoms with E-state index in [1.807, 2.05) is 42.7 Å². The molecule has 0 spiro atoms. The Kier molecular flexibility index (Phi) is 4.60. The minimum absolute atomic E-state index is 0.111. The molecule has 3 nitrogen and oxygen atoms in total. The summed E-state index contributed by atoms with van der Waals surface area (Å²) in [6, 6.07) is 15.1. The van der Waals surface area contributed by atoms with Crippen LogP contribution >= 0.6 is 11.8 Å². The lowest BCUT2D eigenvalue weighted by atomic mass is 10.1. The molecule has 0 aliphatic heterocycles. The molecular formula is C15H16N2OS. The molecule has 0 radical (unpaired) electrons. The van der Waals surface area contributed by atoms with E-state index in [0.29, 0.717) is 12.1 Å². The van der Waals surface area contributed by atoms with Gasteiger partial charge in [-0.1, -0.05) is 12.1 Å². The summed E-state index contributed by atoms with van der Waals surface area (Å²) < 4.78 is 0. The van der Waals surface area contributed by atoms with Gasteiger partial charge in [0.15, 0.2) is 0 Å². The molecule has 0 fully saturated rings. The fraction of sp³-hybridized carbons (Fsp3) is 0.133. The lowest BCUT2D eigenvalue weighted by Crippen LogP contribution is -2.11. The molecule has 0 aromatic heterocycles. The van der Waals surface area contributed by atoms with Crippen LogP contribution in [0.25, 0.3) is 0 Å². The Morgan fingerprint density at radius 2 is 1.74 bits per heavy atom. The second-order valence-electron chi connectivity index (χ2n) is 4.08. The molecule has 0 heterocycles. The van der Waals surface area contributed by atoms with Crippen molar-refractivity contribution in [2.24, 2.45) is 5.73 Å². The van der Waals surface area contributed by atoms with E-state index < -0.39 is 0 Å². The number of hydrogen-bond donors (Lipinski definition) is 2. The maximum absolute atomic E-state index is 12.0. The van der Waals surface area contributed by atoms with Gasteiger partial charge in [-0.15, -0.1) is 11.8 Å². The molecule has 98 valence electrons. The third kappa shape index (κ3) is 3.59. The lowest BCUT2D eigenvalue weighted by molar-refractivity contribution is 0.102. The van der Waals surface area contributed by atoms with Gasteiger partial charge in [-0.25, -0.2) is 0 Å². The SMILES string of the molecule is CSc1ccc(NC(=O)c2ccc(CN)cc2)cc1. The Hall–Kier alpha value is -1.78. The van der Waals surface area contributed by atoms with Gasteiger partial charge in [0.1, 0.15) is 0 Å². The quantitative estimate of drug-likeness (QED) is 0.841. The Bertz CT molecular complexity index is 549. The molecule has 0 saturated heterocycles. The minimum atomic E-state index is -0.111. The first-order valence-electron chi connectivity index (χ1n) is 5.97. The van der Waals surface area contributed by atoms with E-state index in [9.17, 15) is 4.79 Å². The summed E-state index contributed by atoms with van der Waals surface area (Å²) in [5, 5.41) is 2.87. The predicted octanol–water partition coefficient (Wildman–Crippen LogP) is 3.12. The van der Waals surface area contributed by atoms with Crippen LogP contribution < -0.4 is 11.1 Å². The van der Waals surface area contributed by atoms with Gasteiger partial charge in [-0.05, 0) is 48.2 Å². The van der Waals surface area contributed by atoms with Crippen molar-refractivity contribution >= 4 is 23.4 Å². The van der Waals surface area contributed by atoms with Crippen LogP contribution in [0.15, 0.2) is 53.4 Å². The molecule has 0 aliphatic carbocycles. The van der Waals surface area contributed by atoms with E-state index in [1.54, 1.807) is 23.9 Å². The second kappa shape index (κ2) is 6.41. The summed E-state index contributed by atoms with van der Waals surface area (Å²) in [6.07, 6.45) is 2.02. The summed E-state index contributed by atoms with van der Waals surface area (Å²) in [5.74, 6) is -0.111. The highest BCUT2D eigenvalue weighted by Gasteiger charge is 2.05. The van der Waals surface area contributed by atoms with Gasteiger partial charge >= 0.3 is 0 Å². The third-order valence-corrected chi connectivity index (χ3v) is 3.54. The molecule has 2 aromatic rings. The average Bonchev–Trinajstić information content (AvgIpc) is 2.48. The lowest BCUT2D eigenvalue weighted by Gasteiger charge is -2.06. The third-order valence-electron chi connectivity index (χ3n) is 2.80. The first-order valence-corrected chi connectivity index (χ1v) is 7.20. The van der Waals surface area contributed by atoms with Crippen LogP contribution in [0.2, 0.25) is 0 Å². The molecule has 0 aliphatic rings. The summed E-state index contributed by atoms with van der Waals surface area (Å²) in [7, 11) is 0. The zero-order valence-corrected chi connectivity index (χ0v) is 11.5. The number of nitrogens with one attached hydrogen (secondary N) is 1. The van der Waals surface area contributed by atoms with Gasteiger partial charge in [-0.3, -0.25) is 4.79 Å². The number of carbonyl (C=O) groups is 1. The molecule has 3 N–H and O–H groups in total. The van der Waals surface area contributed by atoms with E-state index in [4.69, 9.17) is 5.73 Å². The number of benzene rings is 2. The fourth-order valence-electron chi connectivity index (χ4n) is 1.67. The van der Waals surface area contributed by atoms with Crippen LogP contribution in [0.5, 0.6) is 0 Å². The number of carbonyl (C=O) groups excluding carboxylic acids is 1. The number of hydrogen-bond acceptors (Lipinski definition) is 3. The van der Waals surface area contributed by atoms with Crippen LogP contribution in [0.1, 0.15) is 15.9 Å². The average molecular weight is 272 g/mol. The van der Waals surface area contributed by atoms with Gasteiger partial charge in [0.25, 0.3) is 5.91 Å². The highest BCUT2D eigenvalue weighted by atomic mass is 32.2. The van der Waals surface area contributed by atoms with E-state index in [2.05, 4.69) is 5.32 Å². The minimum Gasteiger partial charge on any atom is -0.326 e. The molecule has 0 atom stereocenters. The van der Waals surface area contributed by atoms with Crippen LogP contribution in [0, 0.1) is 0 Å². The molecular weight excluding hydrogens is 256 g/mol. The number of anilines is 1. The maximum atomic E-state index is 12.0. The second-order valence-corrected chi connectivity index (χ2v) is 4.96. The van der Waals surface area contributed by atoms with Crippen LogP contribution in [0.3, 0.4) is 0 Å². The molecule has 0 saturated carbocycles. The van der Waals surface area contributed by atoms with Crippen molar-refractivity contribution in [2.75, 3.05) is 11.6 Å². The van der Waals surface area contributed by atoms with Crippen molar-refractivity contribution in [2.45, 2.75) is 11.4 Å². The number of nitrogens with two attached hydrogens (primary N) is 1. The van der Waals surface area contributed by atoms with Crippen molar-refractivity contribution in [3.63, 3.8) is 0 Å². The number of rotatable bonds is 4. The number of amides is 1. The fourth-order valence-corrected chi connectivity index (χ4v) is 2.08. The highest BCUT2D eigenvalue weighted by Crippen LogP contribution is 2.18. The van der Waals surface area contributed by atoms with E-state index in [0.717, 1.165) is 11.3 Å². The highest BCUT2D eigenvalue weighted by molar-refractivity contribution is 7.98. The van der Waals surface area contributed by atoms with Crippen LogP contribution in [-0.4, -0.2) is 12.2 Å². The molecule has 19 heavy (non-hydrogen) atoms. The van der Waals surface area contributed by atoms with Crippen LogP contribution in [-0.2, 0) is 6.54 Å². The molecule has 0 bridgehead atoms. The summed E-state index contributed by atoms with van der Waals surface area (Å²) in [4.78, 5) is 13.2. The zero-order valence-electron chi connectivity index (χ0n) is 10.7. The standard InChI is InChI=1S/C15H16N2OS/c1-19-14-8-6-13(7-9-14)17-15(18)12-4-2-11(10-16)3-5-12/h2-9H,10,16H2,1H3,(H,17,18). The topological polar surface area (TPSA) is 55.1 Å². The van der Waals surface area contributed by atoms with Crippen molar-refractivity contribution in [1.82, 2.24) is 0 Å². The Morgan fingerprint density at radius 1 is 1.11 bits per heavy atom. The summed E-state index contributed by atoms with van der Waals surface area (Å²) in [6.45, 7) is 0.484. The van der Waals surface area contributed by atoms with Crippen molar-refractivity contribution in [3.8, 4) is 0 Å². The predicted molar refractivity (Wildman–Crippen MR) is 80.5 cm³/mol. The zero-order chi connectivity index (χ0) is 13.7. The molecule has 0 unspecified atom stereocenters. The molecule has 1 amide bonds. The van der Waals surface area contributed by atoms with Crippen molar-refractivity contribution in [3.05, 3.63) is 59.7 Å². The van der Waals surface area contributed by atoms with E-state index in [-0.39, 0.29) is 5.91 Å². The van der Waals surface area contributed by atoms with Crippen molar-refractivity contribution < 1.29 is 4.79 Å². The first kappa shape index (κ1) is 13.6. The van der Waals surface area contributed by atoms with E-state index in [1.165, 1.54) is 4.90 Å². The Balaban J connectivity index is 2.06. The first-order chi connectivity index (χ1) is 9.22. The largest absolute Gasteiger partial charge is 0.326 e. The Labute approximate surface area is 117 Å². The monoisotopic (exact) mass is 272 g/mol. The molecule has 4 heteroatoms. The smallest absolute Gasteiger partial charge is 0.255 e. The van der Waals surface area contributed by atoms with Gasteiger partial charge < -0.3 is 11.1 Å².